The van der Waals surface area contributed by atoms with E-state index >= 15 is 0 Å². The minimum Gasteiger partial charge on any atom is -0.369 e. The highest BCUT2D eigenvalue weighted by Gasteiger charge is 2.24. The van der Waals surface area contributed by atoms with Gasteiger partial charge in [0.05, 0.1) is 6.10 Å². The van der Waals surface area contributed by atoms with Crippen molar-refractivity contribution in [3.63, 3.8) is 0 Å². The molecule has 1 N–H and O–H groups in total. The second-order valence-electron chi connectivity index (χ2n) is 9.57. The van der Waals surface area contributed by atoms with Crippen LogP contribution >= 0.6 is 0 Å². The lowest BCUT2D eigenvalue weighted by Gasteiger charge is -2.34. The minimum atomic E-state index is 0.00582. The van der Waals surface area contributed by atoms with Gasteiger partial charge in [-0.15, -0.1) is 15.3 Å². The fraction of sp³-hybridized carbons (Fsp3) is 0.414. The number of nitrogens with zero attached hydrogens (tertiary/aromatic N) is 5. The third-order valence-corrected chi connectivity index (χ3v) is 6.94. The van der Waals surface area contributed by atoms with E-state index in [1.165, 1.54) is 36.9 Å². The highest BCUT2D eigenvalue weighted by Crippen LogP contribution is 2.30. The van der Waals surface area contributed by atoms with Gasteiger partial charge in [0.2, 0.25) is 0 Å². The van der Waals surface area contributed by atoms with Gasteiger partial charge in [0, 0.05) is 19.6 Å². The number of rotatable bonds is 12. The Hall–Kier alpha value is -3.29. The SMILES string of the molecule is c1ccc(C(OC2CCN(CCCCCCNc3ccc4nncn4n3)CC2)c2ccccc2)cc1. The number of aromatic nitrogens is 4. The van der Waals surface area contributed by atoms with Crippen molar-refractivity contribution < 1.29 is 4.74 Å². The lowest BCUT2D eigenvalue weighted by Crippen LogP contribution is -2.38. The number of piperidine rings is 1. The molecule has 3 heterocycles. The van der Waals surface area contributed by atoms with Crippen molar-refractivity contribution in [2.24, 2.45) is 0 Å². The van der Waals surface area contributed by atoms with E-state index in [0.29, 0.717) is 6.10 Å². The van der Waals surface area contributed by atoms with Crippen molar-refractivity contribution >= 4 is 11.5 Å². The fourth-order valence-corrected chi connectivity index (χ4v) is 4.92. The Bertz CT molecular complexity index is 1130. The average Bonchev–Trinajstić information content (AvgIpc) is 3.41. The van der Waals surface area contributed by atoms with Crippen molar-refractivity contribution in [3.8, 4) is 0 Å². The number of hydrogen-bond acceptors (Lipinski definition) is 6. The van der Waals surface area contributed by atoms with Crippen molar-refractivity contribution in [2.75, 3.05) is 31.5 Å². The van der Waals surface area contributed by atoms with E-state index in [1.807, 2.05) is 12.1 Å². The van der Waals surface area contributed by atoms with Gasteiger partial charge in [-0.3, -0.25) is 0 Å². The highest BCUT2D eigenvalue weighted by molar-refractivity contribution is 5.42. The molecule has 7 nitrogen and oxygen atoms in total. The molecule has 1 aliphatic rings. The second-order valence-corrected chi connectivity index (χ2v) is 9.57. The standard InChI is InChI=1S/C29H36N6O/c1(9-19-30-27-15-16-28-32-31-23-35(28)33-27)2-10-20-34-21-17-26(18-22-34)36-29(24-11-5-3-6-12-24)25-13-7-4-8-14-25/h3-8,11-16,23,26,29H,1-2,9-10,17-22H2,(H,30,33). The Balaban J connectivity index is 0.980. The zero-order valence-electron chi connectivity index (χ0n) is 20.9. The third kappa shape index (κ3) is 6.68. The van der Waals surface area contributed by atoms with Crippen molar-refractivity contribution in [1.82, 2.24) is 24.7 Å². The predicted octanol–water partition coefficient (Wildman–Crippen LogP) is 5.37. The largest absolute Gasteiger partial charge is 0.369 e. The summed E-state index contributed by atoms with van der Waals surface area (Å²) >= 11 is 0. The Morgan fingerprint density at radius 3 is 2.25 bits per heavy atom. The first-order chi connectivity index (χ1) is 17.8. The number of fused-ring (bicyclic) bond motifs is 1. The maximum atomic E-state index is 6.69. The first kappa shape index (κ1) is 24.4. The van der Waals surface area contributed by atoms with Gasteiger partial charge in [0.1, 0.15) is 18.2 Å². The zero-order valence-corrected chi connectivity index (χ0v) is 20.9. The van der Waals surface area contributed by atoms with Crippen molar-refractivity contribution in [2.45, 2.75) is 50.7 Å². The molecule has 7 heteroatoms. The van der Waals surface area contributed by atoms with Gasteiger partial charge in [0.15, 0.2) is 5.65 Å². The first-order valence-corrected chi connectivity index (χ1v) is 13.2. The summed E-state index contributed by atoms with van der Waals surface area (Å²) in [4.78, 5) is 2.61. The molecule has 0 unspecified atom stereocenters. The van der Waals surface area contributed by atoms with E-state index < -0.39 is 0 Å². The van der Waals surface area contributed by atoms with Crippen LogP contribution in [0.15, 0.2) is 79.1 Å². The Labute approximate surface area is 213 Å². The predicted molar refractivity (Wildman–Crippen MR) is 143 cm³/mol. The van der Waals surface area contributed by atoms with Gasteiger partial charge >= 0.3 is 0 Å². The van der Waals surface area contributed by atoms with Gasteiger partial charge < -0.3 is 15.0 Å². The van der Waals surface area contributed by atoms with Gasteiger partial charge in [-0.1, -0.05) is 73.5 Å². The summed E-state index contributed by atoms with van der Waals surface area (Å²) in [5, 5.41) is 15.7. The fourth-order valence-electron chi connectivity index (χ4n) is 4.92. The van der Waals surface area contributed by atoms with Crippen LogP contribution < -0.4 is 5.32 Å². The van der Waals surface area contributed by atoms with Crippen molar-refractivity contribution in [3.05, 3.63) is 90.3 Å². The number of hydrogen-bond donors (Lipinski definition) is 1. The minimum absolute atomic E-state index is 0.00582. The molecular weight excluding hydrogens is 448 g/mol. The smallest absolute Gasteiger partial charge is 0.177 e. The molecule has 0 saturated carbocycles. The van der Waals surface area contributed by atoms with E-state index in [9.17, 15) is 0 Å². The Morgan fingerprint density at radius 1 is 0.833 bits per heavy atom. The summed E-state index contributed by atoms with van der Waals surface area (Å²) in [7, 11) is 0. The molecule has 1 aliphatic heterocycles. The van der Waals surface area contributed by atoms with Gasteiger partial charge in [-0.2, -0.15) is 4.52 Å². The number of nitrogens with one attached hydrogen (secondary N) is 1. The van der Waals surface area contributed by atoms with Crippen LogP contribution in [-0.2, 0) is 4.74 Å². The van der Waals surface area contributed by atoms with Gasteiger partial charge in [0.25, 0.3) is 0 Å². The summed E-state index contributed by atoms with van der Waals surface area (Å²) in [5.41, 5.74) is 3.23. The van der Waals surface area contributed by atoms with Crippen LogP contribution in [0.1, 0.15) is 55.8 Å². The molecule has 4 aromatic rings. The molecule has 1 saturated heterocycles. The molecule has 1 fully saturated rings. The lowest BCUT2D eigenvalue weighted by atomic mass is 10.00. The van der Waals surface area contributed by atoms with Crippen LogP contribution in [0.3, 0.4) is 0 Å². The molecule has 0 aliphatic carbocycles. The molecule has 0 atom stereocenters. The maximum absolute atomic E-state index is 6.69. The van der Waals surface area contributed by atoms with Crippen LogP contribution in [0, 0.1) is 0 Å². The van der Waals surface area contributed by atoms with Crippen molar-refractivity contribution in [1.29, 1.82) is 0 Å². The average molecular weight is 485 g/mol. The second kappa shape index (κ2) is 12.6. The summed E-state index contributed by atoms with van der Waals surface area (Å²) in [6.45, 7) is 4.37. The van der Waals surface area contributed by atoms with E-state index in [2.05, 4.69) is 86.2 Å². The van der Waals surface area contributed by atoms with Gasteiger partial charge in [-0.05, 0) is 55.5 Å². The molecule has 2 aromatic carbocycles. The molecule has 0 spiro atoms. The topological polar surface area (TPSA) is 67.6 Å². The number of likely N-dealkylation sites (tertiary alicyclic amines) is 1. The number of anilines is 1. The Morgan fingerprint density at radius 2 is 1.53 bits per heavy atom. The highest BCUT2D eigenvalue weighted by atomic mass is 16.5. The first-order valence-electron chi connectivity index (χ1n) is 13.2. The monoisotopic (exact) mass is 484 g/mol. The molecule has 5 rings (SSSR count). The van der Waals surface area contributed by atoms with Crippen LogP contribution in [0.25, 0.3) is 5.65 Å². The van der Waals surface area contributed by atoms with Gasteiger partial charge in [-0.25, -0.2) is 0 Å². The number of ether oxygens (including phenoxy) is 1. The van der Waals surface area contributed by atoms with Crippen LogP contribution in [0.2, 0.25) is 0 Å². The summed E-state index contributed by atoms with van der Waals surface area (Å²) in [6, 6.07) is 25.1. The molecule has 36 heavy (non-hydrogen) atoms. The molecule has 0 amide bonds. The van der Waals surface area contributed by atoms with E-state index in [1.54, 1.807) is 10.8 Å². The van der Waals surface area contributed by atoms with E-state index in [0.717, 1.165) is 50.4 Å². The number of unbranched alkanes of at least 4 members (excludes halogenated alkanes) is 3. The molecular formula is C29H36N6O. The van der Waals surface area contributed by atoms with Crippen LogP contribution in [0.5, 0.6) is 0 Å². The summed E-state index contributed by atoms with van der Waals surface area (Å²) in [6.07, 6.45) is 9.05. The third-order valence-electron chi connectivity index (χ3n) is 6.94. The number of benzene rings is 2. The Kier molecular flexibility index (Phi) is 8.55. The zero-order chi connectivity index (χ0) is 24.4. The summed E-state index contributed by atoms with van der Waals surface area (Å²) in [5.74, 6) is 0.870. The quantitative estimate of drug-likeness (QED) is 0.273. The van der Waals surface area contributed by atoms with E-state index in [4.69, 9.17) is 4.74 Å². The van der Waals surface area contributed by atoms with Crippen LogP contribution in [0.4, 0.5) is 5.82 Å². The molecule has 188 valence electrons. The molecule has 0 radical (unpaired) electrons. The molecule has 0 bridgehead atoms. The van der Waals surface area contributed by atoms with Crippen LogP contribution in [-0.4, -0.2) is 57.0 Å². The normalized spacial score (nSPS) is 15.0. The molecule has 2 aromatic heterocycles. The van der Waals surface area contributed by atoms with E-state index in [-0.39, 0.29) is 6.10 Å². The summed E-state index contributed by atoms with van der Waals surface area (Å²) < 4.78 is 8.38. The lowest BCUT2D eigenvalue weighted by molar-refractivity contribution is -0.0271. The maximum Gasteiger partial charge on any atom is 0.177 e.